The Balaban J connectivity index is 1.37. The minimum Gasteiger partial charge on any atom is -0.348 e. The Morgan fingerprint density at radius 3 is 2.87 bits per heavy atom. The van der Waals surface area contributed by atoms with Crippen LogP contribution in [0.1, 0.15) is 18.0 Å². The summed E-state index contributed by atoms with van der Waals surface area (Å²) in [6.07, 6.45) is 2.13. The van der Waals surface area contributed by atoms with Gasteiger partial charge in [-0.2, -0.15) is 0 Å². The zero-order valence-electron chi connectivity index (χ0n) is 16.4. The second kappa shape index (κ2) is 8.28. The molecule has 1 aliphatic heterocycles. The molecule has 8 heteroatoms. The number of carbonyl (C=O) groups excluding carboxylic acids is 1. The number of amides is 1. The zero-order valence-corrected chi connectivity index (χ0v) is 18.0. The molecule has 0 aliphatic carbocycles. The molecule has 1 amide bonds. The molecule has 1 N–H and O–H groups in total. The van der Waals surface area contributed by atoms with E-state index in [0.29, 0.717) is 16.6 Å². The first-order chi connectivity index (χ1) is 15.1. The van der Waals surface area contributed by atoms with Crippen LogP contribution in [-0.4, -0.2) is 21.2 Å². The number of halogens is 1. The number of hydrogen-bond acceptors (Lipinski definition) is 5. The van der Waals surface area contributed by atoms with E-state index >= 15 is 0 Å². The second-order valence-corrected chi connectivity index (χ2v) is 9.48. The van der Waals surface area contributed by atoms with E-state index in [9.17, 15) is 14.0 Å². The molecule has 0 radical (unpaired) electrons. The van der Waals surface area contributed by atoms with Crippen molar-refractivity contribution in [2.45, 2.75) is 23.9 Å². The molecule has 0 bridgehead atoms. The lowest BCUT2D eigenvalue weighted by molar-refractivity contribution is -0.122. The van der Waals surface area contributed by atoms with E-state index in [1.807, 2.05) is 36.4 Å². The zero-order chi connectivity index (χ0) is 21.4. The topological polar surface area (TPSA) is 64.0 Å². The molecule has 0 unspecified atom stereocenters. The van der Waals surface area contributed by atoms with Crippen molar-refractivity contribution >= 4 is 39.2 Å². The molecular formula is C23H18FN3O2S2. The number of benzene rings is 2. The highest BCUT2D eigenvalue weighted by Crippen LogP contribution is 2.36. The molecule has 1 aliphatic rings. The molecule has 0 saturated carbocycles. The van der Waals surface area contributed by atoms with Crippen molar-refractivity contribution in [2.75, 3.05) is 5.75 Å². The number of thioether (sulfide) groups is 1. The van der Waals surface area contributed by atoms with Crippen LogP contribution in [0.5, 0.6) is 0 Å². The van der Waals surface area contributed by atoms with E-state index < -0.39 is 0 Å². The van der Waals surface area contributed by atoms with Crippen LogP contribution in [0.25, 0.3) is 20.7 Å². The third kappa shape index (κ3) is 4.00. The van der Waals surface area contributed by atoms with Crippen LogP contribution >= 0.6 is 23.1 Å². The van der Waals surface area contributed by atoms with E-state index in [0.717, 1.165) is 26.7 Å². The molecule has 4 aromatic rings. The summed E-state index contributed by atoms with van der Waals surface area (Å²) in [5, 5.41) is 3.45. The van der Waals surface area contributed by atoms with Crippen molar-refractivity contribution in [3.63, 3.8) is 0 Å². The monoisotopic (exact) mass is 451 g/mol. The molecule has 2 aromatic carbocycles. The third-order valence-electron chi connectivity index (χ3n) is 5.24. The van der Waals surface area contributed by atoms with Crippen LogP contribution in [0.2, 0.25) is 0 Å². The first-order valence-electron chi connectivity index (χ1n) is 9.84. The minimum atomic E-state index is -0.321. The van der Waals surface area contributed by atoms with Crippen LogP contribution < -0.4 is 10.9 Å². The highest BCUT2D eigenvalue weighted by Gasteiger charge is 2.23. The van der Waals surface area contributed by atoms with Crippen LogP contribution in [0.15, 0.2) is 70.6 Å². The summed E-state index contributed by atoms with van der Waals surface area (Å²) in [7, 11) is 0. The van der Waals surface area contributed by atoms with Crippen molar-refractivity contribution in [3.05, 3.63) is 82.7 Å². The summed E-state index contributed by atoms with van der Waals surface area (Å²) >= 11 is 3.11. The Bertz CT molecular complexity index is 1330. The fourth-order valence-electron chi connectivity index (χ4n) is 3.73. The molecule has 5 nitrogen and oxygen atoms in total. The number of aromatic nitrogens is 2. The number of rotatable bonds is 4. The normalized spacial score (nSPS) is 15.6. The molecular weight excluding hydrogens is 433 g/mol. The largest absolute Gasteiger partial charge is 0.348 e. The Morgan fingerprint density at radius 2 is 2.03 bits per heavy atom. The minimum absolute atomic E-state index is 0.132. The SMILES string of the molecule is O=C(Cn1cnc2sc(-c3ccccc3)cc2c1=O)N[C@@H]1CCSc2ccc(F)cc21. The lowest BCUT2D eigenvalue weighted by atomic mass is 10.0. The Hall–Kier alpha value is -2.97. The van der Waals surface area contributed by atoms with Crippen molar-refractivity contribution in [2.24, 2.45) is 0 Å². The molecule has 0 saturated heterocycles. The van der Waals surface area contributed by atoms with E-state index in [4.69, 9.17) is 0 Å². The average molecular weight is 452 g/mol. The Labute approximate surface area is 185 Å². The van der Waals surface area contributed by atoms with Gasteiger partial charge in [0, 0.05) is 15.5 Å². The van der Waals surface area contributed by atoms with Crippen molar-refractivity contribution in [3.8, 4) is 10.4 Å². The maximum absolute atomic E-state index is 13.7. The van der Waals surface area contributed by atoms with E-state index in [1.165, 1.54) is 34.4 Å². The second-order valence-electron chi connectivity index (χ2n) is 7.31. The van der Waals surface area contributed by atoms with Gasteiger partial charge in [-0.1, -0.05) is 30.3 Å². The van der Waals surface area contributed by atoms with Crippen molar-refractivity contribution in [1.82, 2.24) is 14.9 Å². The lowest BCUT2D eigenvalue weighted by Crippen LogP contribution is -2.35. The highest BCUT2D eigenvalue weighted by atomic mass is 32.2. The van der Waals surface area contributed by atoms with Crippen molar-refractivity contribution < 1.29 is 9.18 Å². The van der Waals surface area contributed by atoms with E-state index in [-0.39, 0.29) is 29.9 Å². The quantitative estimate of drug-likeness (QED) is 0.492. The van der Waals surface area contributed by atoms with Crippen LogP contribution in [0, 0.1) is 5.82 Å². The van der Waals surface area contributed by atoms with Gasteiger partial charge in [-0.15, -0.1) is 23.1 Å². The van der Waals surface area contributed by atoms with Gasteiger partial charge in [-0.05, 0) is 41.8 Å². The van der Waals surface area contributed by atoms with Gasteiger partial charge in [0.15, 0.2) is 0 Å². The number of nitrogens with one attached hydrogen (secondary N) is 1. The number of hydrogen-bond donors (Lipinski definition) is 1. The summed E-state index contributed by atoms with van der Waals surface area (Å²) < 4.78 is 15.0. The van der Waals surface area contributed by atoms with Gasteiger partial charge >= 0.3 is 0 Å². The van der Waals surface area contributed by atoms with Crippen LogP contribution in [0.3, 0.4) is 0 Å². The predicted octanol–water partition coefficient (Wildman–Crippen LogP) is 4.62. The molecule has 1 atom stereocenters. The molecule has 31 heavy (non-hydrogen) atoms. The molecule has 3 heterocycles. The highest BCUT2D eigenvalue weighted by molar-refractivity contribution is 7.99. The fraction of sp³-hybridized carbons (Fsp3) is 0.174. The summed E-state index contributed by atoms with van der Waals surface area (Å²) in [5.41, 5.74) is 1.57. The van der Waals surface area contributed by atoms with Crippen LogP contribution in [-0.2, 0) is 11.3 Å². The van der Waals surface area contributed by atoms with E-state index in [1.54, 1.807) is 17.8 Å². The van der Waals surface area contributed by atoms with Gasteiger partial charge < -0.3 is 5.32 Å². The first kappa shape index (κ1) is 20.0. The third-order valence-corrected chi connectivity index (χ3v) is 7.45. The standard InChI is InChI=1S/C23H18FN3O2S2/c24-15-6-7-19-16(10-15)18(8-9-30-19)26-21(28)12-27-13-25-22-17(23(27)29)11-20(31-22)14-4-2-1-3-5-14/h1-7,10-11,13,18H,8-9,12H2,(H,26,28)/t18-/m1/s1. The Kier molecular flexibility index (Phi) is 5.33. The average Bonchev–Trinajstić information content (AvgIpc) is 3.22. The molecule has 0 fully saturated rings. The maximum Gasteiger partial charge on any atom is 0.262 e. The molecule has 0 spiro atoms. The smallest absolute Gasteiger partial charge is 0.262 e. The first-order valence-corrected chi connectivity index (χ1v) is 11.6. The predicted molar refractivity (Wildman–Crippen MR) is 122 cm³/mol. The van der Waals surface area contributed by atoms with Crippen molar-refractivity contribution in [1.29, 1.82) is 0 Å². The Morgan fingerprint density at radius 1 is 1.19 bits per heavy atom. The lowest BCUT2D eigenvalue weighted by Gasteiger charge is -2.26. The van der Waals surface area contributed by atoms with Gasteiger partial charge in [0.1, 0.15) is 17.2 Å². The van der Waals surface area contributed by atoms with Gasteiger partial charge in [0.05, 0.1) is 17.8 Å². The summed E-state index contributed by atoms with van der Waals surface area (Å²) in [5.74, 6) is 0.223. The van der Waals surface area contributed by atoms with Gasteiger partial charge in [0.2, 0.25) is 5.91 Å². The summed E-state index contributed by atoms with van der Waals surface area (Å²) in [6, 6.07) is 16.0. The fourth-order valence-corrected chi connectivity index (χ4v) is 5.83. The van der Waals surface area contributed by atoms with Gasteiger partial charge in [0.25, 0.3) is 5.56 Å². The summed E-state index contributed by atoms with van der Waals surface area (Å²) in [6.45, 7) is -0.132. The van der Waals surface area contributed by atoms with Gasteiger partial charge in [-0.3, -0.25) is 14.2 Å². The number of thiophene rings is 1. The summed E-state index contributed by atoms with van der Waals surface area (Å²) in [4.78, 5) is 32.6. The number of carbonyl (C=O) groups is 1. The van der Waals surface area contributed by atoms with Gasteiger partial charge in [-0.25, -0.2) is 9.37 Å². The number of fused-ring (bicyclic) bond motifs is 2. The number of nitrogens with zero attached hydrogens (tertiary/aromatic N) is 2. The van der Waals surface area contributed by atoms with E-state index in [2.05, 4.69) is 10.3 Å². The molecule has 5 rings (SSSR count). The maximum atomic E-state index is 13.7. The molecule has 2 aromatic heterocycles. The van der Waals surface area contributed by atoms with Crippen LogP contribution in [0.4, 0.5) is 4.39 Å². The molecule has 156 valence electrons.